The highest BCUT2D eigenvalue weighted by Gasteiger charge is 2.30. The zero-order valence-corrected chi connectivity index (χ0v) is 10.9. The summed E-state index contributed by atoms with van der Waals surface area (Å²) in [5.74, 6) is -0.496. The summed E-state index contributed by atoms with van der Waals surface area (Å²) < 4.78 is 10.4. The molecule has 7 nitrogen and oxygen atoms in total. The fourth-order valence-electron chi connectivity index (χ4n) is 2.21. The van der Waals surface area contributed by atoms with E-state index in [1.807, 2.05) is 4.90 Å². The number of carbonyl (C=O) groups is 2. The van der Waals surface area contributed by atoms with Gasteiger partial charge in [0.15, 0.2) is 0 Å². The second-order valence-corrected chi connectivity index (χ2v) is 4.62. The van der Waals surface area contributed by atoms with E-state index in [1.54, 1.807) is 6.92 Å². The van der Waals surface area contributed by atoms with Gasteiger partial charge >= 0.3 is 5.97 Å². The average Bonchev–Trinajstić information content (AvgIpc) is 2.95. The van der Waals surface area contributed by atoms with E-state index in [4.69, 9.17) is 4.52 Å². The Bertz CT molecular complexity index is 545. The fourth-order valence-corrected chi connectivity index (χ4v) is 2.21. The molecule has 1 unspecified atom stereocenters. The number of methoxy groups -OCH3 is 1. The van der Waals surface area contributed by atoms with E-state index in [0.29, 0.717) is 25.3 Å². The molecule has 104 valence electrons. The van der Waals surface area contributed by atoms with E-state index in [1.165, 1.54) is 13.2 Å². The molecule has 0 saturated carbocycles. The van der Waals surface area contributed by atoms with Crippen molar-refractivity contribution in [3.63, 3.8) is 0 Å². The van der Waals surface area contributed by atoms with Gasteiger partial charge < -0.3 is 9.26 Å². The number of aromatic nitrogens is 1. The Morgan fingerprint density at radius 2 is 2.26 bits per heavy atom. The number of ether oxygens (including phenoxy) is 1. The van der Waals surface area contributed by atoms with Crippen LogP contribution in [0.5, 0.6) is 0 Å². The lowest BCUT2D eigenvalue weighted by Crippen LogP contribution is -2.34. The number of esters is 1. The molecule has 0 radical (unpaired) electrons. The van der Waals surface area contributed by atoms with E-state index in [9.17, 15) is 14.4 Å². The molecule has 1 aromatic heterocycles. The van der Waals surface area contributed by atoms with Gasteiger partial charge in [0.25, 0.3) is 11.5 Å². The van der Waals surface area contributed by atoms with E-state index < -0.39 is 11.5 Å². The van der Waals surface area contributed by atoms with Crippen molar-refractivity contribution in [2.75, 3.05) is 26.7 Å². The Morgan fingerprint density at radius 3 is 2.84 bits per heavy atom. The Labute approximate surface area is 109 Å². The summed E-state index contributed by atoms with van der Waals surface area (Å²) in [4.78, 5) is 36.5. The van der Waals surface area contributed by atoms with Crippen LogP contribution in [0.4, 0.5) is 0 Å². The van der Waals surface area contributed by atoms with Crippen molar-refractivity contribution in [1.82, 2.24) is 9.64 Å². The van der Waals surface area contributed by atoms with Crippen LogP contribution in [0.15, 0.2) is 15.4 Å². The number of hydrogen-bond donors (Lipinski definition) is 0. The minimum Gasteiger partial charge on any atom is -0.469 e. The Morgan fingerprint density at radius 1 is 1.53 bits per heavy atom. The molecule has 1 aliphatic heterocycles. The largest absolute Gasteiger partial charge is 0.469 e. The molecule has 0 aliphatic carbocycles. The molecule has 19 heavy (non-hydrogen) atoms. The van der Waals surface area contributed by atoms with Crippen LogP contribution in [0.25, 0.3) is 0 Å². The molecular formula is C12H16N2O5. The normalized spacial score (nSPS) is 19.6. The van der Waals surface area contributed by atoms with Gasteiger partial charge in [0.05, 0.1) is 19.6 Å². The van der Waals surface area contributed by atoms with E-state index >= 15 is 0 Å². The Hall–Kier alpha value is -1.89. The standard InChI is InChI=1S/C12H16N2O5/c1-8-5-10(15)14(19-8)11(16)7-13-4-3-9(6-13)12(17)18-2/h5,9H,3-4,6-7H2,1-2H3. The maximum Gasteiger partial charge on any atom is 0.310 e. The van der Waals surface area contributed by atoms with Gasteiger partial charge in [0, 0.05) is 12.6 Å². The first-order valence-electron chi connectivity index (χ1n) is 6.04. The van der Waals surface area contributed by atoms with Gasteiger partial charge in [-0.05, 0) is 19.9 Å². The summed E-state index contributed by atoms with van der Waals surface area (Å²) in [6.45, 7) is 2.75. The van der Waals surface area contributed by atoms with Crippen molar-refractivity contribution in [2.45, 2.75) is 13.3 Å². The van der Waals surface area contributed by atoms with E-state index in [0.717, 1.165) is 4.74 Å². The molecule has 0 spiro atoms. The maximum absolute atomic E-state index is 11.9. The second kappa shape index (κ2) is 5.40. The van der Waals surface area contributed by atoms with Crippen molar-refractivity contribution in [2.24, 2.45) is 5.92 Å². The lowest BCUT2D eigenvalue weighted by molar-refractivity contribution is -0.144. The molecule has 1 fully saturated rings. The van der Waals surface area contributed by atoms with E-state index in [2.05, 4.69) is 4.74 Å². The molecule has 2 rings (SSSR count). The molecule has 0 aromatic carbocycles. The first-order chi connectivity index (χ1) is 9.01. The van der Waals surface area contributed by atoms with Crippen LogP contribution < -0.4 is 5.56 Å². The molecule has 0 bridgehead atoms. The summed E-state index contributed by atoms with van der Waals surface area (Å²) in [7, 11) is 1.35. The van der Waals surface area contributed by atoms with Crippen molar-refractivity contribution in [3.05, 3.63) is 22.2 Å². The van der Waals surface area contributed by atoms with Crippen LogP contribution in [-0.4, -0.2) is 48.3 Å². The third-order valence-electron chi connectivity index (χ3n) is 3.15. The smallest absolute Gasteiger partial charge is 0.310 e. The van der Waals surface area contributed by atoms with Crippen molar-refractivity contribution < 1.29 is 18.8 Å². The summed E-state index contributed by atoms with van der Waals surface area (Å²) in [5.41, 5.74) is -0.466. The average molecular weight is 268 g/mol. The van der Waals surface area contributed by atoms with Crippen LogP contribution in [0.1, 0.15) is 17.0 Å². The number of nitrogens with zero attached hydrogens (tertiary/aromatic N) is 2. The number of carbonyl (C=O) groups excluding carboxylic acids is 2. The molecule has 1 atom stereocenters. The summed E-state index contributed by atoms with van der Waals surface area (Å²) in [6, 6.07) is 1.26. The number of likely N-dealkylation sites (tertiary alicyclic amines) is 1. The molecular weight excluding hydrogens is 252 g/mol. The predicted octanol–water partition coefficient (Wildman–Crippen LogP) is -0.115. The molecule has 1 saturated heterocycles. The van der Waals surface area contributed by atoms with Crippen molar-refractivity contribution in [3.8, 4) is 0 Å². The highest BCUT2D eigenvalue weighted by Crippen LogP contribution is 2.17. The van der Waals surface area contributed by atoms with Crippen molar-refractivity contribution >= 4 is 11.9 Å². The predicted molar refractivity (Wildman–Crippen MR) is 64.9 cm³/mol. The highest BCUT2D eigenvalue weighted by molar-refractivity contribution is 5.79. The molecule has 7 heteroatoms. The van der Waals surface area contributed by atoms with Gasteiger partial charge in [-0.15, -0.1) is 4.74 Å². The lowest BCUT2D eigenvalue weighted by atomic mass is 10.1. The van der Waals surface area contributed by atoms with Gasteiger partial charge in [-0.2, -0.15) is 0 Å². The van der Waals surface area contributed by atoms with Crippen LogP contribution in [0.3, 0.4) is 0 Å². The van der Waals surface area contributed by atoms with Crippen LogP contribution >= 0.6 is 0 Å². The maximum atomic E-state index is 11.9. The SMILES string of the molecule is COC(=O)C1CCN(CC(=O)n2oc(C)cc2=O)C1. The van der Waals surface area contributed by atoms with Gasteiger partial charge in [-0.1, -0.05) is 0 Å². The first-order valence-corrected chi connectivity index (χ1v) is 6.04. The first kappa shape index (κ1) is 13.5. The summed E-state index contributed by atoms with van der Waals surface area (Å²) in [5, 5.41) is 0. The quantitative estimate of drug-likeness (QED) is 0.711. The van der Waals surface area contributed by atoms with Crippen LogP contribution in [0, 0.1) is 12.8 Å². The molecule has 0 amide bonds. The molecule has 1 aromatic rings. The Kier molecular flexibility index (Phi) is 3.84. The summed E-state index contributed by atoms with van der Waals surface area (Å²) >= 11 is 0. The third-order valence-corrected chi connectivity index (χ3v) is 3.15. The number of rotatable bonds is 3. The van der Waals surface area contributed by atoms with Gasteiger partial charge in [0.1, 0.15) is 5.76 Å². The highest BCUT2D eigenvalue weighted by atomic mass is 16.5. The van der Waals surface area contributed by atoms with Gasteiger partial charge in [-0.25, -0.2) is 0 Å². The fraction of sp³-hybridized carbons (Fsp3) is 0.583. The van der Waals surface area contributed by atoms with Crippen LogP contribution in [0.2, 0.25) is 0 Å². The lowest BCUT2D eigenvalue weighted by Gasteiger charge is -2.13. The van der Waals surface area contributed by atoms with Crippen molar-refractivity contribution in [1.29, 1.82) is 0 Å². The van der Waals surface area contributed by atoms with Gasteiger partial charge in [0.2, 0.25) is 0 Å². The summed E-state index contributed by atoms with van der Waals surface area (Å²) in [6.07, 6.45) is 0.659. The van der Waals surface area contributed by atoms with Gasteiger partial charge in [-0.3, -0.25) is 19.3 Å². The number of hydrogen-bond acceptors (Lipinski definition) is 6. The monoisotopic (exact) mass is 268 g/mol. The zero-order valence-electron chi connectivity index (χ0n) is 10.9. The third kappa shape index (κ3) is 2.93. The zero-order chi connectivity index (χ0) is 14.0. The van der Waals surface area contributed by atoms with E-state index in [-0.39, 0.29) is 18.4 Å². The Balaban J connectivity index is 1.96. The molecule has 1 aliphatic rings. The minimum atomic E-state index is -0.466. The topological polar surface area (TPSA) is 81.8 Å². The molecule has 0 N–H and O–H groups in total. The molecule has 2 heterocycles. The number of aryl methyl sites for hydroxylation is 1. The minimum absolute atomic E-state index is 0.0559. The second-order valence-electron chi connectivity index (χ2n) is 4.62. The van der Waals surface area contributed by atoms with Crippen LogP contribution in [-0.2, 0) is 9.53 Å².